The van der Waals surface area contributed by atoms with E-state index >= 15 is 0 Å². The highest BCUT2D eigenvalue weighted by atomic mass is 79.9. The number of nitrogens with one attached hydrogen (secondary N) is 1. The number of hydrogen-bond donors (Lipinski definition) is 1. The summed E-state index contributed by atoms with van der Waals surface area (Å²) in [4.78, 5) is 0. The molecule has 0 aliphatic heterocycles. The lowest BCUT2D eigenvalue weighted by Crippen LogP contribution is -2.17. The van der Waals surface area contributed by atoms with E-state index in [2.05, 4.69) is 39.5 Å². The zero-order valence-corrected chi connectivity index (χ0v) is 12.7. The van der Waals surface area contributed by atoms with Gasteiger partial charge in [0.05, 0.1) is 17.3 Å². The fourth-order valence-electron chi connectivity index (χ4n) is 1.92. The molecule has 0 spiro atoms. The lowest BCUT2D eigenvalue weighted by molar-refractivity contribution is 0.653. The zero-order chi connectivity index (χ0) is 13.1. The highest BCUT2D eigenvalue weighted by Gasteiger charge is 2.14. The molecule has 3 nitrogen and oxygen atoms in total. The maximum Gasteiger partial charge on any atom is 0.0605 e. The highest BCUT2D eigenvalue weighted by molar-refractivity contribution is 9.10. The second-order valence-corrected chi connectivity index (χ2v) is 5.29. The van der Waals surface area contributed by atoms with Crippen LogP contribution in [-0.2, 0) is 6.54 Å². The predicted octanol–water partition coefficient (Wildman–Crippen LogP) is 3.63. The van der Waals surface area contributed by atoms with E-state index in [0.717, 1.165) is 27.2 Å². The third kappa shape index (κ3) is 2.76. The SMILES string of the molecule is CCn1cc(C(NC)c2ccc(Cl)c(Br)c2)cn1. The van der Waals surface area contributed by atoms with Crippen molar-refractivity contribution in [3.63, 3.8) is 0 Å². The fourth-order valence-corrected chi connectivity index (χ4v) is 2.43. The Labute approximate surface area is 120 Å². The monoisotopic (exact) mass is 327 g/mol. The Morgan fingerprint density at radius 1 is 1.44 bits per heavy atom. The molecule has 2 aromatic rings. The Kier molecular flexibility index (Phi) is 4.43. The topological polar surface area (TPSA) is 29.9 Å². The van der Waals surface area contributed by atoms with Crippen molar-refractivity contribution in [1.29, 1.82) is 0 Å². The van der Waals surface area contributed by atoms with Gasteiger partial charge in [-0.25, -0.2) is 0 Å². The molecule has 0 saturated carbocycles. The Hall–Kier alpha value is -0.840. The molecule has 96 valence electrons. The lowest BCUT2D eigenvalue weighted by atomic mass is 10.0. The average molecular weight is 329 g/mol. The predicted molar refractivity (Wildman–Crippen MR) is 78.0 cm³/mol. The van der Waals surface area contributed by atoms with Crippen molar-refractivity contribution < 1.29 is 0 Å². The molecule has 18 heavy (non-hydrogen) atoms. The van der Waals surface area contributed by atoms with E-state index in [9.17, 15) is 0 Å². The number of rotatable bonds is 4. The summed E-state index contributed by atoms with van der Waals surface area (Å²) in [6.45, 7) is 2.95. The zero-order valence-electron chi connectivity index (χ0n) is 10.3. The van der Waals surface area contributed by atoms with Crippen LogP contribution < -0.4 is 5.32 Å². The summed E-state index contributed by atoms with van der Waals surface area (Å²) >= 11 is 9.47. The average Bonchev–Trinajstić information content (AvgIpc) is 2.83. The third-order valence-corrected chi connectivity index (χ3v) is 4.09. The molecule has 0 radical (unpaired) electrons. The summed E-state index contributed by atoms with van der Waals surface area (Å²) in [5, 5.41) is 8.33. The van der Waals surface area contributed by atoms with Crippen LogP contribution in [0.5, 0.6) is 0 Å². The standard InChI is InChI=1S/C13H15BrClN3/c1-3-18-8-10(7-17-18)13(16-2)9-4-5-12(15)11(14)6-9/h4-8,13,16H,3H2,1-2H3. The van der Waals surface area contributed by atoms with Crippen LogP contribution >= 0.6 is 27.5 Å². The van der Waals surface area contributed by atoms with Crippen molar-refractivity contribution >= 4 is 27.5 Å². The van der Waals surface area contributed by atoms with Gasteiger partial charge in [-0.05, 0) is 47.6 Å². The van der Waals surface area contributed by atoms with Crippen LogP contribution in [0, 0.1) is 0 Å². The number of hydrogen-bond acceptors (Lipinski definition) is 2. The van der Waals surface area contributed by atoms with Crippen LogP contribution in [0.3, 0.4) is 0 Å². The second-order valence-electron chi connectivity index (χ2n) is 4.02. The first kappa shape index (κ1) is 13.6. The molecule has 1 heterocycles. The summed E-state index contributed by atoms with van der Waals surface area (Å²) < 4.78 is 2.83. The minimum Gasteiger partial charge on any atom is -0.309 e. The molecule has 0 aliphatic rings. The van der Waals surface area contributed by atoms with E-state index in [-0.39, 0.29) is 6.04 Å². The molecule has 1 aromatic heterocycles. The van der Waals surface area contributed by atoms with E-state index in [0.29, 0.717) is 0 Å². The van der Waals surface area contributed by atoms with Gasteiger partial charge in [-0.15, -0.1) is 0 Å². The maximum atomic E-state index is 6.02. The molecule has 2 rings (SSSR count). The van der Waals surface area contributed by atoms with Gasteiger partial charge in [0, 0.05) is 22.8 Å². The van der Waals surface area contributed by atoms with E-state index in [1.54, 1.807) is 0 Å². The number of aryl methyl sites for hydroxylation is 1. The van der Waals surface area contributed by atoms with E-state index in [4.69, 9.17) is 11.6 Å². The summed E-state index contributed by atoms with van der Waals surface area (Å²) in [6.07, 6.45) is 3.96. The number of benzene rings is 1. The van der Waals surface area contributed by atoms with E-state index in [1.165, 1.54) is 0 Å². The first-order chi connectivity index (χ1) is 8.65. The van der Waals surface area contributed by atoms with Gasteiger partial charge < -0.3 is 5.32 Å². The van der Waals surface area contributed by atoms with Gasteiger partial charge >= 0.3 is 0 Å². The molecule has 1 aromatic carbocycles. The minimum absolute atomic E-state index is 0.124. The van der Waals surface area contributed by atoms with E-state index < -0.39 is 0 Å². The van der Waals surface area contributed by atoms with Crippen molar-refractivity contribution in [3.8, 4) is 0 Å². The van der Waals surface area contributed by atoms with Crippen LogP contribution in [0.2, 0.25) is 5.02 Å². The van der Waals surface area contributed by atoms with Crippen LogP contribution in [0.1, 0.15) is 24.1 Å². The molecular formula is C13H15BrClN3. The largest absolute Gasteiger partial charge is 0.309 e. The van der Waals surface area contributed by atoms with Crippen molar-refractivity contribution in [2.75, 3.05) is 7.05 Å². The van der Waals surface area contributed by atoms with Crippen molar-refractivity contribution in [3.05, 3.63) is 51.2 Å². The molecule has 0 amide bonds. The first-order valence-electron chi connectivity index (χ1n) is 5.80. The van der Waals surface area contributed by atoms with Gasteiger partial charge in [0.2, 0.25) is 0 Å². The molecule has 0 aliphatic carbocycles. The van der Waals surface area contributed by atoms with Crippen LogP contribution in [-0.4, -0.2) is 16.8 Å². The Bertz CT molecular complexity index is 539. The van der Waals surface area contributed by atoms with Crippen LogP contribution in [0.4, 0.5) is 0 Å². The molecule has 5 heteroatoms. The molecule has 1 unspecified atom stereocenters. The number of halogens is 2. The Morgan fingerprint density at radius 3 is 2.78 bits per heavy atom. The summed E-state index contributed by atoms with van der Waals surface area (Å²) in [7, 11) is 1.94. The number of aromatic nitrogens is 2. The van der Waals surface area contributed by atoms with Gasteiger partial charge in [-0.3, -0.25) is 4.68 Å². The smallest absolute Gasteiger partial charge is 0.0605 e. The minimum atomic E-state index is 0.124. The highest BCUT2D eigenvalue weighted by Crippen LogP contribution is 2.28. The first-order valence-corrected chi connectivity index (χ1v) is 6.97. The van der Waals surface area contributed by atoms with Crippen molar-refractivity contribution in [2.45, 2.75) is 19.5 Å². The normalized spacial score (nSPS) is 12.7. The van der Waals surface area contributed by atoms with Crippen LogP contribution in [0.15, 0.2) is 35.1 Å². The van der Waals surface area contributed by atoms with Crippen LogP contribution in [0.25, 0.3) is 0 Å². The maximum absolute atomic E-state index is 6.02. The molecule has 0 bridgehead atoms. The van der Waals surface area contributed by atoms with Gasteiger partial charge in [0.15, 0.2) is 0 Å². The van der Waals surface area contributed by atoms with Gasteiger partial charge in [-0.1, -0.05) is 17.7 Å². The lowest BCUT2D eigenvalue weighted by Gasteiger charge is -2.15. The summed E-state index contributed by atoms with van der Waals surface area (Å²) in [5.41, 5.74) is 2.30. The Morgan fingerprint density at radius 2 is 2.22 bits per heavy atom. The van der Waals surface area contributed by atoms with Crippen molar-refractivity contribution in [2.24, 2.45) is 0 Å². The van der Waals surface area contributed by atoms with Gasteiger partial charge in [-0.2, -0.15) is 5.10 Å². The summed E-state index contributed by atoms with van der Waals surface area (Å²) in [6, 6.07) is 6.08. The number of nitrogens with zero attached hydrogens (tertiary/aromatic N) is 2. The molecule has 1 N–H and O–H groups in total. The summed E-state index contributed by atoms with van der Waals surface area (Å²) in [5.74, 6) is 0. The molecule has 0 saturated heterocycles. The quantitative estimate of drug-likeness (QED) is 0.929. The van der Waals surface area contributed by atoms with Gasteiger partial charge in [0.1, 0.15) is 0 Å². The molecular weight excluding hydrogens is 314 g/mol. The molecule has 1 atom stereocenters. The Balaban J connectivity index is 2.35. The second kappa shape index (κ2) is 5.87. The van der Waals surface area contributed by atoms with Crippen molar-refractivity contribution in [1.82, 2.24) is 15.1 Å². The molecule has 0 fully saturated rings. The fraction of sp³-hybridized carbons (Fsp3) is 0.308. The van der Waals surface area contributed by atoms with Gasteiger partial charge in [0.25, 0.3) is 0 Å². The third-order valence-electron chi connectivity index (χ3n) is 2.88. The van der Waals surface area contributed by atoms with E-state index in [1.807, 2.05) is 36.1 Å².